The van der Waals surface area contributed by atoms with Crippen LogP contribution in [0.2, 0.25) is 0 Å². The molecule has 0 aliphatic carbocycles. The Labute approximate surface area is 231 Å². The Bertz CT molecular complexity index is 1210. The molecule has 3 rings (SSSR count). The minimum atomic E-state index is -1.45. The van der Waals surface area contributed by atoms with Crippen molar-refractivity contribution in [2.45, 2.75) is 63.3 Å². The van der Waals surface area contributed by atoms with Crippen molar-refractivity contribution in [1.82, 2.24) is 10.6 Å². The van der Waals surface area contributed by atoms with E-state index in [4.69, 9.17) is 10.5 Å². The quantitative estimate of drug-likeness (QED) is 0.217. The zero-order valence-corrected chi connectivity index (χ0v) is 22.0. The van der Waals surface area contributed by atoms with Crippen LogP contribution in [0.3, 0.4) is 0 Å². The predicted molar refractivity (Wildman–Crippen MR) is 144 cm³/mol. The summed E-state index contributed by atoms with van der Waals surface area (Å²) in [6.45, 7) is 0.365. The molecule has 0 aromatic heterocycles. The van der Waals surface area contributed by atoms with Crippen LogP contribution in [0.25, 0.3) is 0 Å². The summed E-state index contributed by atoms with van der Waals surface area (Å²) in [5.74, 6) is -3.85. The standard InChI is InChI=1S/C28H34N4O8/c29-15-7-6-11-20(31-28(39)40-17-18-8-2-1-3-9-18)25(34)30-21(26(35)36)13-14-24(33)32-22-12-5-4-10-19(22)16-23(32)27(37)38/h1-5,8-10,12,20-21,23H,6-7,11,13-17,29H2,(H,30,34)(H,31,39)(H,35,36)(H,37,38)/t20-,21+,23-/m0/s1. The number of anilines is 1. The molecular formula is C28H34N4O8. The lowest BCUT2D eigenvalue weighted by atomic mass is 10.1. The Balaban J connectivity index is 1.62. The lowest BCUT2D eigenvalue weighted by Crippen LogP contribution is -2.52. The van der Waals surface area contributed by atoms with Gasteiger partial charge in [-0.15, -0.1) is 0 Å². The van der Waals surface area contributed by atoms with Gasteiger partial charge < -0.3 is 31.3 Å². The summed E-state index contributed by atoms with van der Waals surface area (Å²) in [5, 5.41) is 24.2. The van der Waals surface area contributed by atoms with E-state index in [9.17, 15) is 34.2 Å². The number of hydrogen-bond acceptors (Lipinski definition) is 7. The first kappa shape index (κ1) is 30.1. The summed E-state index contributed by atoms with van der Waals surface area (Å²) < 4.78 is 5.19. The number of para-hydroxylation sites is 1. The largest absolute Gasteiger partial charge is 0.480 e. The first-order chi connectivity index (χ1) is 19.2. The van der Waals surface area contributed by atoms with Crippen molar-refractivity contribution >= 4 is 35.5 Å². The van der Waals surface area contributed by atoms with Crippen LogP contribution < -0.4 is 21.3 Å². The number of carbonyl (C=O) groups is 5. The van der Waals surface area contributed by atoms with Crippen LogP contribution in [-0.2, 0) is 36.9 Å². The number of nitrogens with two attached hydrogens (primary N) is 1. The van der Waals surface area contributed by atoms with Gasteiger partial charge in [-0.2, -0.15) is 0 Å². The second kappa shape index (κ2) is 14.6. The maximum absolute atomic E-state index is 13.0. The Morgan fingerprint density at radius 3 is 2.30 bits per heavy atom. The molecule has 0 spiro atoms. The monoisotopic (exact) mass is 554 g/mol. The van der Waals surface area contributed by atoms with Crippen molar-refractivity contribution < 1.29 is 38.9 Å². The van der Waals surface area contributed by atoms with Gasteiger partial charge in [0.25, 0.3) is 0 Å². The molecule has 0 unspecified atom stereocenters. The van der Waals surface area contributed by atoms with E-state index in [1.807, 2.05) is 6.07 Å². The fraction of sp³-hybridized carbons (Fsp3) is 0.393. The van der Waals surface area contributed by atoms with Crippen LogP contribution in [0, 0.1) is 0 Å². The Morgan fingerprint density at radius 2 is 1.62 bits per heavy atom. The van der Waals surface area contributed by atoms with E-state index in [-0.39, 0.29) is 32.3 Å². The zero-order chi connectivity index (χ0) is 29.1. The van der Waals surface area contributed by atoms with Gasteiger partial charge in [0.05, 0.1) is 0 Å². The highest BCUT2D eigenvalue weighted by Crippen LogP contribution is 2.33. The molecule has 2 aromatic rings. The van der Waals surface area contributed by atoms with Crippen molar-refractivity contribution in [2.75, 3.05) is 11.4 Å². The Kier molecular flexibility index (Phi) is 11.0. The van der Waals surface area contributed by atoms with E-state index >= 15 is 0 Å². The SMILES string of the molecule is NCCCC[C@H](NC(=O)OCc1ccccc1)C(=O)N[C@H](CCC(=O)N1c2ccccc2C[C@H]1C(=O)O)C(=O)O. The number of carboxylic acid groups (broad SMARTS) is 2. The van der Waals surface area contributed by atoms with Gasteiger partial charge in [0.1, 0.15) is 24.7 Å². The van der Waals surface area contributed by atoms with E-state index in [0.29, 0.717) is 30.6 Å². The van der Waals surface area contributed by atoms with Crippen molar-refractivity contribution in [3.05, 3.63) is 65.7 Å². The van der Waals surface area contributed by atoms with Crippen molar-refractivity contribution in [2.24, 2.45) is 5.73 Å². The van der Waals surface area contributed by atoms with Crippen LogP contribution in [0.4, 0.5) is 10.5 Å². The fourth-order valence-corrected chi connectivity index (χ4v) is 4.48. The van der Waals surface area contributed by atoms with Gasteiger partial charge in [0.15, 0.2) is 0 Å². The number of alkyl carbamates (subject to hydrolysis) is 1. The number of fused-ring (bicyclic) bond motifs is 1. The lowest BCUT2D eigenvalue weighted by molar-refractivity contribution is -0.143. The number of nitrogens with zero attached hydrogens (tertiary/aromatic N) is 1. The first-order valence-corrected chi connectivity index (χ1v) is 13.0. The van der Waals surface area contributed by atoms with E-state index in [1.165, 1.54) is 0 Å². The predicted octanol–water partition coefficient (Wildman–Crippen LogP) is 1.80. The number of rotatable bonds is 14. The number of ether oxygens (including phenoxy) is 1. The summed E-state index contributed by atoms with van der Waals surface area (Å²) >= 11 is 0. The molecule has 1 aliphatic rings. The molecule has 214 valence electrons. The van der Waals surface area contributed by atoms with Crippen LogP contribution in [0.1, 0.15) is 43.2 Å². The normalized spacial score (nSPS) is 15.4. The number of carboxylic acids is 2. The maximum atomic E-state index is 13.0. The summed E-state index contributed by atoms with van der Waals surface area (Å²) in [6, 6.07) is 12.1. The molecule has 0 saturated carbocycles. The molecule has 12 nitrogen and oxygen atoms in total. The second-order valence-electron chi connectivity index (χ2n) is 9.43. The number of benzene rings is 2. The molecule has 3 amide bonds. The molecule has 40 heavy (non-hydrogen) atoms. The molecule has 0 fully saturated rings. The van der Waals surface area contributed by atoms with E-state index in [0.717, 1.165) is 10.5 Å². The van der Waals surface area contributed by atoms with E-state index < -0.39 is 48.0 Å². The molecule has 0 radical (unpaired) electrons. The van der Waals surface area contributed by atoms with Gasteiger partial charge in [0.2, 0.25) is 11.8 Å². The molecule has 2 aromatic carbocycles. The Hall–Kier alpha value is -4.45. The molecule has 0 saturated heterocycles. The highest BCUT2D eigenvalue weighted by atomic mass is 16.5. The Morgan fingerprint density at radius 1 is 0.925 bits per heavy atom. The highest BCUT2D eigenvalue weighted by molar-refractivity contribution is 6.02. The second-order valence-corrected chi connectivity index (χ2v) is 9.43. The third-order valence-electron chi connectivity index (χ3n) is 6.56. The van der Waals surface area contributed by atoms with Gasteiger partial charge in [-0.1, -0.05) is 48.5 Å². The highest BCUT2D eigenvalue weighted by Gasteiger charge is 2.38. The van der Waals surface area contributed by atoms with Gasteiger partial charge >= 0.3 is 18.0 Å². The fourth-order valence-electron chi connectivity index (χ4n) is 4.48. The first-order valence-electron chi connectivity index (χ1n) is 13.0. The van der Waals surface area contributed by atoms with E-state index in [1.54, 1.807) is 48.5 Å². The van der Waals surface area contributed by atoms with E-state index in [2.05, 4.69) is 10.6 Å². The smallest absolute Gasteiger partial charge is 0.408 e. The van der Waals surface area contributed by atoms with Crippen LogP contribution in [0.5, 0.6) is 0 Å². The van der Waals surface area contributed by atoms with Crippen molar-refractivity contribution in [3.8, 4) is 0 Å². The van der Waals surface area contributed by atoms with Crippen molar-refractivity contribution in [3.63, 3.8) is 0 Å². The zero-order valence-electron chi connectivity index (χ0n) is 22.0. The van der Waals surface area contributed by atoms with Gasteiger partial charge in [-0.05, 0) is 49.4 Å². The number of carbonyl (C=O) groups excluding carboxylic acids is 3. The summed E-state index contributed by atoms with van der Waals surface area (Å²) in [4.78, 5) is 63.3. The minimum Gasteiger partial charge on any atom is -0.480 e. The average Bonchev–Trinajstić information content (AvgIpc) is 3.34. The molecule has 12 heteroatoms. The number of nitrogens with one attached hydrogen (secondary N) is 2. The minimum absolute atomic E-state index is 0.0133. The number of hydrogen-bond donors (Lipinski definition) is 5. The van der Waals surface area contributed by atoms with Crippen LogP contribution >= 0.6 is 0 Å². The third kappa shape index (κ3) is 8.27. The van der Waals surface area contributed by atoms with Crippen LogP contribution in [-0.4, -0.2) is 64.7 Å². The molecular weight excluding hydrogens is 520 g/mol. The topological polar surface area (TPSA) is 188 Å². The maximum Gasteiger partial charge on any atom is 0.408 e. The lowest BCUT2D eigenvalue weighted by Gasteiger charge is -2.24. The molecule has 0 bridgehead atoms. The summed E-state index contributed by atoms with van der Waals surface area (Å²) in [6.07, 6.45) is -0.0188. The molecule has 3 atom stereocenters. The summed E-state index contributed by atoms with van der Waals surface area (Å²) in [5.41, 5.74) is 7.46. The van der Waals surface area contributed by atoms with Gasteiger partial charge in [-0.25, -0.2) is 14.4 Å². The summed E-state index contributed by atoms with van der Waals surface area (Å²) in [7, 11) is 0. The number of amides is 3. The van der Waals surface area contributed by atoms with Crippen LogP contribution in [0.15, 0.2) is 54.6 Å². The average molecular weight is 555 g/mol. The van der Waals surface area contributed by atoms with Crippen molar-refractivity contribution in [1.29, 1.82) is 0 Å². The van der Waals surface area contributed by atoms with Gasteiger partial charge in [-0.3, -0.25) is 14.5 Å². The number of unbranched alkanes of at least 4 members (excludes halogenated alkanes) is 1. The van der Waals surface area contributed by atoms with Gasteiger partial charge in [0, 0.05) is 18.5 Å². The molecule has 1 heterocycles. The molecule has 1 aliphatic heterocycles. The third-order valence-corrected chi connectivity index (χ3v) is 6.56. The molecule has 6 N–H and O–H groups in total. The number of aliphatic carboxylic acids is 2.